The molecule has 2 aromatic carbocycles. The predicted octanol–water partition coefficient (Wildman–Crippen LogP) is 3.85. The smallest absolute Gasteiger partial charge is 0.0949 e. The molecule has 0 radical (unpaired) electrons. The van der Waals surface area contributed by atoms with Crippen molar-refractivity contribution in [2.75, 3.05) is 13.1 Å². The van der Waals surface area contributed by atoms with Gasteiger partial charge in [-0.1, -0.05) is 48.0 Å². The highest BCUT2D eigenvalue weighted by atomic mass is 35.5. The van der Waals surface area contributed by atoms with Gasteiger partial charge in [0.25, 0.3) is 0 Å². The molecule has 1 aliphatic heterocycles. The van der Waals surface area contributed by atoms with Crippen LogP contribution in [-0.4, -0.2) is 18.1 Å². The molecule has 1 saturated heterocycles. The molecule has 4 rings (SSSR count). The molecule has 3 aromatic rings. The van der Waals surface area contributed by atoms with Crippen molar-refractivity contribution in [1.82, 2.24) is 15.6 Å². The summed E-state index contributed by atoms with van der Waals surface area (Å²) in [5, 5.41) is 9.15. The second-order valence-electron chi connectivity index (χ2n) is 5.88. The normalized spacial score (nSPS) is 17.2. The Morgan fingerprint density at radius 3 is 2.41 bits per heavy atom. The summed E-state index contributed by atoms with van der Waals surface area (Å²) in [4.78, 5) is 3.56. The number of nitrogens with one attached hydrogen (secondary N) is 3. The zero-order valence-corrected chi connectivity index (χ0v) is 13.2. The van der Waals surface area contributed by atoms with Gasteiger partial charge in [-0.2, -0.15) is 0 Å². The Hall–Kier alpha value is -1.81. The average Bonchev–Trinajstić information content (AvgIpc) is 3.12. The van der Waals surface area contributed by atoms with E-state index in [0.29, 0.717) is 0 Å². The van der Waals surface area contributed by atoms with Gasteiger partial charge in [-0.3, -0.25) is 10.6 Å². The number of hydrogen-bond donors (Lipinski definition) is 3. The monoisotopic (exact) mass is 311 g/mol. The van der Waals surface area contributed by atoms with Crippen LogP contribution >= 0.6 is 11.6 Å². The van der Waals surface area contributed by atoms with Gasteiger partial charge in [0, 0.05) is 40.1 Å². The molecule has 2 heterocycles. The number of halogens is 1. The number of aromatic nitrogens is 1. The summed E-state index contributed by atoms with van der Waals surface area (Å²) in [6.07, 6.45) is 0. The fourth-order valence-electron chi connectivity index (χ4n) is 3.39. The molecule has 3 nitrogen and oxygen atoms in total. The maximum Gasteiger partial charge on any atom is 0.0949 e. The Morgan fingerprint density at radius 2 is 1.64 bits per heavy atom. The molecule has 0 saturated carbocycles. The Kier molecular flexibility index (Phi) is 3.22. The minimum atomic E-state index is -0.256. The van der Waals surface area contributed by atoms with E-state index in [1.54, 1.807) is 0 Å². The van der Waals surface area contributed by atoms with Crippen LogP contribution in [0.5, 0.6) is 0 Å². The fraction of sp³-hybridized carbons (Fsp3) is 0.222. The van der Waals surface area contributed by atoms with Gasteiger partial charge in [0.05, 0.1) is 11.4 Å². The molecule has 0 atom stereocenters. The lowest BCUT2D eigenvalue weighted by molar-refractivity contribution is 0.390. The Balaban J connectivity index is 2.04. The summed E-state index contributed by atoms with van der Waals surface area (Å²) in [5.41, 5.74) is 4.22. The second kappa shape index (κ2) is 5.13. The molecule has 1 aromatic heterocycles. The maximum atomic E-state index is 6.45. The number of para-hydroxylation sites is 1. The van der Waals surface area contributed by atoms with Crippen LogP contribution in [-0.2, 0) is 5.66 Å². The molecule has 0 amide bonds. The van der Waals surface area contributed by atoms with Gasteiger partial charge < -0.3 is 4.98 Å². The average molecular weight is 312 g/mol. The Morgan fingerprint density at radius 1 is 0.955 bits per heavy atom. The highest BCUT2D eigenvalue weighted by molar-refractivity contribution is 6.33. The van der Waals surface area contributed by atoms with Gasteiger partial charge in [0.2, 0.25) is 0 Å². The molecular formula is C18H18ClN3. The van der Waals surface area contributed by atoms with Gasteiger partial charge in [-0.05, 0) is 19.1 Å². The van der Waals surface area contributed by atoms with Crippen LogP contribution in [0.15, 0.2) is 48.5 Å². The summed E-state index contributed by atoms with van der Waals surface area (Å²) < 4.78 is 0. The number of fused-ring (bicyclic) bond motifs is 1. The van der Waals surface area contributed by atoms with E-state index in [1.165, 1.54) is 10.9 Å². The van der Waals surface area contributed by atoms with Gasteiger partial charge in [0.1, 0.15) is 0 Å². The van der Waals surface area contributed by atoms with Gasteiger partial charge >= 0.3 is 0 Å². The Bertz CT molecular complexity index is 831. The van der Waals surface area contributed by atoms with Crippen LogP contribution in [0, 0.1) is 0 Å². The summed E-state index contributed by atoms with van der Waals surface area (Å²) in [6.45, 7) is 4.10. The molecule has 0 bridgehead atoms. The molecular weight excluding hydrogens is 294 g/mol. The van der Waals surface area contributed by atoms with E-state index >= 15 is 0 Å². The molecule has 0 spiro atoms. The first kappa shape index (κ1) is 13.8. The summed E-state index contributed by atoms with van der Waals surface area (Å²) in [7, 11) is 0. The lowest BCUT2D eigenvalue weighted by Crippen LogP contribution is -2.43. The minimum Gasteiger partial charge on any atom is -0.354 e. The lowest BCUT2D eigenvalue weighted by Gasteiger charge is -2.26. The van der Waals surface area contributed by atoms with E-state index < -0.39 is 0 Å². The first-order chi connectivity index (χ1) is 10.7. The number of hydrogen-bond acceptors (Lipinski definition) is 2. The minimum absolute atomic E-state index is 0.256. The van der Waals surface area contributed by atoms with Crippen molar-refractivity contribution >= 4 is 22.5 Å². The number of benzene rings is 2. The zero-order valence-electron chi connectivity index (χ0n) is 12.4. The van der Waals surface area contributed by atoms with Crippen LogP contribution in [0.25, 0.3) is 22.2 Å². The summed E-state index contributed by atoms with van der Waals surface area (Å²) in [6, 6.07) is 16.4. The first-order valence-electron chi connectivity index (χ1n) is 7.55. The van der Waals surface area contributed by atoms with Crippen molar-refractivity contribution in [3.8, 4) is 11.3 Å². The molecule has 3 N–H and O–H groups in total. The van der Waals surface area contributed by atoms with E-state index in [0.717, 1.165) is 34.9 Å². The number of H-pyrrole nitrogens is 1. The standard InChI is InChI=1S/C18H18ClN3/c1-18(20-10-11-21-18)16-13-7-3-5-9-15(13)22-17(16)12-6-2-4-8-14(12)19/h2-9,20-22H,10-11H2,1H3. The summed E-state index contributed by atoms with van der Waals surface area (Å²) in [5.74, 6) is 0. The highest BCUT2D eigenvalue weighted by Crippen LogP contribution is 2.39. The molecule has 0 aliphatic carbocycles. The molecule has 1 aliphatic rings. The first-order valence-corrected chi connectivity index (χ1v) is 7.93. The van der Waals surface area contributed by atoms with Crippen molar-refractivity contribution in [2.45, 2.75) is 12.6 Å². The van der Waals surface area contributed by atoms with E-state index in [4.69, 9.17) is 11.6 Å². The highest BCUT2D eigenvalue weighted by Gasteiger charge is 2.35. The fourth-order valence-corrected chi connectivity index (χ4v) is 3.62. The van der Waals surface area contributed by atoms with E-state index in [9.17, 15) is 0 Å². The molecule has 0 unspecified atom stereocenters. The predicted molar refractivity (Wildman–Crippen MR) is 92.1 cm³/mol. The lowest BCUT2D eigenvalue weighted by atomic mass is 9.95. The SMILES string of the molecule is CC1(c2c(-c3ccccc3Cl)[nH]c3ccccc23)NCCN1. The van der Waals surface area contributed by atoms with E-state index in [1.807, 2.05) is 18.2 Å². The van der Waals surface area contributed by atoms with Crippen LogP contribution in [0.2, 0.25) is 5.02 Å². The van der Waals surface area contributed by atoms with Crippen molar-refractivity contribution in [3.63, 3.8) is 0 Å². The van der Waals surface area contributed by atoms with Crippen molar-refractivity contribution in [1.29, 1.82) is 0 Å². The molecule has 4 heteroatoms. The van der Waals surface area contributed by atoms with Crippen molar-refractivity contribution < 1.29 is 0 Å². The second-order valence-corrected chi connectivity index (χ2v) is 6.29. The molecule has 112 valence electrons. The van der Waals surface area contributed by atoms with Gasteiger partial charge in [0.15, 0.2) is 0 Å². The molecule has 22 heavy (non-hydrogen) atoms. The zero-order chi connectivity index (χ0) is 15.2. The van der Waals surface area contributed by atoms with E-state index in [2.05, 4.69) is 52.9 Å². The largest absolute Gasteiger partial charge is 0.354 e. The third-order valence-corrected chi connectivity index (χ3v) is 4.76. The van der Waals surface area contributed by atoms with E-state index in [-0.39, 0.29) is 5.66 Å². The van der Waals surface area contributed by atoms with Crippen molar-refractivity contribution in [2.24, 2.45) is 0 Å². The van der Waals surface area contributed by atoms with Crippen LogP contribution < -0.4 is 10.6 Å². The van der Waals surface area contributed by atoms with Crippen LogP contribution in [0.1, 0.15) is 12.5 Å². The topological polar surface area (TPSA) is 39.9 Å². The summed E-state index contributed by atoms with van der Waals surface area (Å²) >= 11 is 6.45. The quantitative estimate of drug-likeness (QED) is 0.672. The third kappa shape index (κ3) is 2.05. The number of aromatic amines is 1. The van der Waals surface area contributed by atoms with Gasteiger partial charge in [-0.15, -0.1) is 0 Å². The van der Waals surface area contributed by atoms with Crippen LogP contribution in [0.3, 0.4) is 0 Å². The number of rotatable bonds is 2. The molecule has 1 fully saturated rings. The van der Waals surface area contributed by atoms with Crippen LogP contribution in [0.4, 0.5) is 0 Å². The third-order valence-electron chi connectivity index (χ3n) is 4.43. The van der Waals surface area contributed by atoms with Gasteiger partial charge in [-0.25, -0.2) is 0 Å². The van der Waals surface area contributed by atoms with Crippen molar-refractivity contribution in [3.05, 3.63) is 59.1 Å². The Labute approximate surface area is 134 Å². The maximum absolute atomic E-state index is 6.45.